The molecule has 1 rings (SSSR count). The summed E-state index contributed by atoms with van der Waals surface area (Å²) in [5, 5.41) is 3.00. The van der Waals surface area contributed by atoms with E-state index in [-0.39, 0.29) is 11.3 Å². The van der Waals surface area contributed by atoms with Gasteiger partial charge in [0.2, 0.25) is 5.91 Å². The molecule has 0 bridgehead atoms. The van der Waals surface area contributed by atoms with Crippen LogP contribution in [0.15, 0.2) is 0 Å². The van der Waals surface area contributed by atoms with E-state index in [0.717, 1.165) is 12.8 Å². The molecular weight excluding hydrogens is 176 g/mol. The van der Waals surface area contributed by atoms with Crippen LogP contribution in [0.5, 0.6) is 0 Å². The molecule has 1 aliphatic carbocycles. The van der Waals surface area contributed by atoms with Crippen LogP contribution in [0.1, 0.15) is 39.5 Å². The quantitative estimate of drug-likeness (QED) is 0.715. The summed E-state index contributed by atoms with van der Waals surface area (Å²) in [7, 11) is 0. The molecule has 3 nitrogen and oxygen atoms in total. The minimum atomic E-state index is -0.103. The maximum atomic E-state index is 11.8. The van der Waals surface area contributed by atoms with E-state index in [2.05, 4.69) is 19.2 Å². The first-order valence-corrected chi connectivity index (χ1v) is 5.57. The number of carbonyl (C=O) groups excluding carboxylic acids is 1. The van der Waals surface area contributed by atoms with E-state index in [1.807, 2.05) is 0 Å². The molecule has 1 fully saturated rings. The van der Waals surface area contributed by atoms with E-state index in [1.165, 1.54) is 12.8 Å². The molecule has 3 N–H and O–H groups in total. The highest BCUT2D eigenvalue weighted by Crippen LogP contribution is 2.37. The molecule has 82 valence electrons. The van der Waals surface area contributed by atoms with Crippen molar-refractivity contribution in [3.8, 4) is 0 Å². The van der Waals surface area contributed by atoms with Gasteiger partial charge in [0, 0.05) is 12.0 Å². The van der Waals surface area contributed by atoms with Gasteiger partial charge < -0.3 is 11.1 Å². The summed E-state index contributed by atoms with van der Waals surface area (Å²) < 4.78 is 0. The molecule has 0 aliphatic heterocycles. The summed E-state index contributed by atoms with van der Waals surface area (Å²) in [6.07, 6.45) is 4.46. The highest BCUT2D eigenvalue weighted by Gasteiger charge is 2.35. The monoisotopic (exact) mass is 198 g/mol. The van der Waals surface area contributed by atoms with Crippen LogP contribution in [0.3, 0.4) is 0 Å². The second-order valence-electron chi connectivity index (χ2n) is 4.82. The summed E-state index contributed by atoms with van der Waals surface area (Å²) in [6, 6.07) is 0. The third kappa shape index (κ3) is 2.71. The fourth-order valence-electron chi connectivity index (χ4n) is 1.95. The Kier molecular flexibility index (Phi) is 3.93. The molecule has 0 spiro atoms. The standard InChI is InChI=1S/C11H22N2O/c1-9(7-12)8-13-10(14)11(2)5-3-4-6-11/h9H,3-8,12H2,1-2H3,(H,13,14). The number of rotatable bonds is 4. The van der Waals surface area contributed by atoms with Gasteiger partial charge in [0.15, 0.2) is 0 Å². The molecule has 1 amide bonds. The summed E-state index contributed by atoms with van der Waals surface area (Å²) in [5.74, 6) is 0.597. The van der Waals surface area contributed by atoms with E-state index in [4.69, 9.17) is 5.73 Å². The maximum absolute atomic E-state index is 11.8. The zero-order valence-electron chi connectivity index (χ0n) is 9.31. The molecule has 1 atom stereocenters. The number of carbonyl (C=O) groups is 1. The third-order valence-electron chi connectivity index (χ3n) is 3.27. The molecule has 0 aromatic rings. The molecular formula is C11H22N2O. The minimum absolute atomic E-state index is 0.103. The lowest BCUT2D eigenvalue weighted by molar-refractivity contribution is -0.130. The number of amides is 1. The molecule has 1 unspecified atom stereocenters. The van der Waals surface area contributed by atoms with Crippen LogP contribution in [-0.4, -0.2) is 19.0 Å². The van der Waals surface area contributed by atoms with E-state index in [0.29, 0.717) is 19.0 Å². The first kappa shape index (κ1) is 11.5. The number of nitrogens with two attached hydrogens (primary N) is 1. The highest BCUT2D eigenvalue weighted by atomic mass is 16.2. The van der Waals surface area contributed by atoms with Crippen molar-refractivity contribution in [3.63, 3.8) is 0 Å². The summed E-state index contributed by atoms with van der Waals surface area (Å²) in [6.45, 7) is 5.47. The van der Waals surface area contributed by atoms with E-state index >= 15 is 0 Å². The van der Waals surface area contributed by atoms with Crippen LogP contribution >= 0.6 is 0 Å². The SMILES string of the molecule is CC(CN)CNC(=O)C1(C)CCCC1. The van der Waals surface area contributed by atoms with Gasteiger partial charge in [-0.05, 0) is 25.3 Å². The molecule has 14 heavy (non-hydrogen) atoms. The lowest BCUT2D eigenvalue weighted by Crippen LogP contribution is -2.40. The van der Waals surface area contributed by atoms with Crippen molar-refractivity contribution in [2.24, 2.45) is 17.1 Å². The van der Waals surface area contributed by atoms with Gasteiger partial charge in [-0.15, -0.1) is 0 Å². The van der Waals surface area contributed by atoms with Crippen LogP contribution in [0.2, 0.25) is 0 Å². The van der Waals surface area contributed by atoms with Crippen molar-refractivity contribution in [2.45, 2.75) is 39.5 Å². The molecule has 1 aliphatic rings. The van der Waals surface area contributed by atoms with Crippen LogP contribution in [0.25, 0.3) is 0 Å². The van der Waals surface area contributed by atoms with Crippen LogP contribution in [0, 0.1) is 11.3 Å². The minimum Gasteiger partial charge on any atom is -0.355 e. The Morgan fingerprint density at radius 1 is 1.50 bits per heavy atom. The van der Waals surface area contributed by atoms with Gasteiger partial charge in [-0.3, -0.25) is 4.79 Å². The van der Waals surface area contributed by atoms with E-state index < -0.39 is 0 Å². The van der Waals surface area contributed by atoms with Crippen LogP contribution in [-0.2, 0) is 4.79 Å². The zero-order valence-corrected chi connectivity index (χ0v) is 9.31. The van der Waals surface area contributed by atoms with Crippen molar-refractivity contribution in [1.29, 1.82) is 0 Å². The average molecular weight is 198 g/mol. The Labute approximate surface area is 86.4 Å². The lowest BCUT2D eigenvalue weighted by Gasteiger charge is -2.23. The molecule has 0 heterocycles. The predicted octanol–water partition coefficient (Wildman–Crippen LogP) is 1.28. The highest BCUT2D eigenvalue weighted by molar-refractivity contribution is 5.82. The zero-order chi connectivity index (χ0) is 10.6. The second-order valence-corrected chi connectivity index (χ2v) is 4.82. The van der Waals surface area contributed by atoms with Gasteiger partial charge in [-0.25, -0.2) is 0 Å². The number of hydrogen-bond acceptors (Lipinski definition) is 2. The van der Waals surface area contributed by atoms with Crippen LogP contribution < -0.4 is 11.1 Å². The Morgan fingerprint density at radius 2 is 2.07 bits per heavy atom. The van der Waals surface area contributed by atoms with Crippen molar-refractivity contribution in [3.05, 3.63) is 0 Å². The molecule has 0 radical (unpaired) electrons. The van der Waals surface area contributed by atoms with Crippen LogP contribution in [0.4, 0.5) is 0 Å². The van der Waals surface area contributed by atoms with Gasteiger partial charge >= 0.3 is 0 Å². The van der Waals surface area contributed by atoms with Crippen molar-refractivity contribution in [2.75, 3.05) is 13.1 Å². The van der Waals surface area contributed by atoms with Crippen molar-refractivity contribution < 1.29 is 4.79 Å². The van der Waals surface area contributed by atoms with Crippen molar-refractivity contribution in [1.82, 2.24) is 5.32 Å². The number of hydrogen-bond donors (Lipinski definition) is 2. The third-order valence-corrected chi connectivity index (χ3v) is 3.27. The fourth-order valence-corrected chi connectivity index (χ4v) is 1.95. The molecule has 0 aromatic heterocycles. The smallest absolute Gasteiger partial charge is 0.225 e. The molecule has 3 heteroatoms. The van der Waals surface area contributed by atoms with E-state index in [1.54, 1.807) is 0 Å². The molecule has 0 saturated heterocycles. The topological polar surface area (TPSA) is 55.1 Å². The first-order valence-electron chi connectivity index (χ1n) is 5.57. The van der Waals surface area contributed by atoms with Gasteiger partial charge in [-0.1, -0.05) is 26.7 Å². The lowest BCUT2D eigenvalue weighted by atomic mass is 9.88. The average Bonchev–Trinajstić information content (AvgIpc) is 2.62. The fraction of sp³-hybridized carbons (Fsp3) is 0.909. The number of nitrogens with one attached hydrogen (secondary N) is 1. The Balaban J connectivity index is 2.34. The van der Waals surface area contributed by atoms with E-state index in [9.17, 15) is 4.79 Å². The van der Waals surface area contributed by atoms with Gasteiger partial charge in [0.25, 0.3) is 0 Å². The van der Waals surface area contributed by atoms with Gasteiger partial charge in [-0.2, -0.15) is 0 Å². The molecule has 1 saturated carbocycles. The Morgan fingerprint density at radius 3 is 2.57 bits per heavy atom. The summed E-state index contributed by atoms with van der Waals surface area (Å²) >= 11 is 0. The summed E-state index contributed by atoms with van der Waals surface area (Å²) in [5.41, 5.74) is 5.39. The molecule has 0 aromatic carbocycles. The first-order chi connectivity index (χ1) is 6.58. The summed E-state index contributed by atoms with van der Waals surface area (Å²) in [4.78, 5) is 11.8. The van der Waals surface area contributed by atoms with Gasteiger partial charge in [0.1, 0.15) is 0 Å². The largest absolute Gasteiger partial charge is 0.355 e. The van der Waals surface area contributed by atoms with Crippen molar-refractivity contribution >= 4 is 5.91 Å². The normalized spacial score (nSPS) is 21.9. The predicted molar refractivity (Wildman–Crippen MR) is 57.8 cm³/mol. The maximum Gasteiger partial charge on any atom is 0.225 e. The Hall–Kier alpha value is -0.570. The second kappa shape index (κ2) is 4.78. The Bertz CT molecular complexity index is 197. The van der Waals surface area contributed by atoms with Gasteiger partial charge in [0.05, 0.1) is 0 Å².